The summed E-state index contributed by atoms with van der Waals surface area (Å²) < 4.78 is 18.8. The highest BCUT2D eigenvalue weighted by molar-refractivity contribution is 5.87. The van der Waals surface area contributed by atoms with Gasteiger partial charge in [0.05, 0.1) is 20.1 Å². The fourth-order valence-electron chi connectivity index (χ4n) is 3.74. The number of hydrogen-bond donors (Lipinski definition) is 0. The minimum Gasteiger partial charge on any atom is -0.497 e. The maximum atomic E-state index is 13.1. The van der Waals surface area contributed by atoms with E-state index in [1.807, 2.05) is 49.4 Å². The summed E-state index contributed by atoms with van der Waals surface area (Å²) in [4.78, 5) is 25.8. The van der Waals surface area contributed by atoms with Gasteiger partial charge in [-0.25, -0.2) is 14.0 Å². The highest BCUT2D eigenvalue weighted by Gasteiger charge is 2.24. The van der Waals surface area contributed by atoms with E-state index >= 15 is 0 Å². The topological polar surface area (TPSA) is 84.6 Å². The Balaban J connectivity index is 1.68. The van der Waals surface area contributed by atoms with Crippen molar-refractivity contribution in [1.29, 1.82) is 0 Å². The normalized spacial score (nSPS) is 11.9. The summed E-state index contributed by atoms with van der Waals surface area (Å²) in [5.74, 6) is 0.0598. The Bertz CT molecular complexity index is 1400. The number of aromatic nitrogens is 3. The van der Waals surface area contributed by atoms with Gasteiger partial charge in [-0.2, -0.15) is 0 Å². The molecule has 0 saturated heterocycles. The molecule has 0 N–H and O–H groups in total. The highest BCUT2D eigenvalue weighted by Crippen LogP contribution is 2.31. The van der Waals surface area contributed by atoms with Gasteiger partial charge >= 0.3 is 17.7 Å². The quantitative estimate of drug-likeness (QED) is 0.331. The van der Waals surface area contributed by atoms with Gasteiger partial charge in [0.15, 0.2) is 5.75 Å². The van der Waals surface area contributed by atoms with Crippen molar-refractivity contribution in [2.45, 2.75) is 19.8 Å². The monoisotopic (exact) mass is 447 g/mol. The molecule has 0 aliphatic heterocycles. The number of fused-ring (bicyclic) bond motifs is 1. The van der Waals surface area contributed by atoms with Gasteiger partial charge in [0, 0.05) is 7.05 Å². The van der Waals surface area contributed by atoms with Crippen LogP contribution in [0.5, 0.6) is 17.5 Å². The second-order valence-electron chi connectivity index (χ2n) is 7.77. The largest absolute Gasteiger partial charge is 0.497 e. The van der Waals surface area contributed by atoms with Crippen LogP contribution in [0.1, 0.15) is 24.0 Å². The fourth-order valence-corrected chi connectivity index (χ4v) is 3.74. The second-order valence-corrected chi connectivity index (χ2v) is 7.77. The number of methoxy groups -OCH3 is 2. The van der Waals surface area contributed by atoms with Gasteiger partial charge < -0.3 is 14.2 Å². The molecule has 1 heterocycles. The first-order chi connectivity index (χ1) is 15.8. The minimum absolute atomic E-state index is 0.104. The number of ether oxygens (including phenoxy) is 3. The average molecular weight is 447 g/mol. The van der Waals surface area contributed by atoms with Crippen LogP contribution in [0, 0.1) is 6.92 Å². The van der Waals surface area contributed by atoms with Gasteiger partial charge in [0.1, 0.15) is 11.4 Å². The number of hydrogen-bond acceptors (Lipinski definition) is 6. The van der Waals surface area contributed by atoms with E-state index in [9.17, 15) is 9.59 Å². The molecular weight excluding hydrogens is 422 g/mol. The van der Waals surface area contributed by atoms with Crippen molar-refractivity contribution >= 4 is 16.7 Å². The number of para-hydroxylation sites is 1. The van der Waals surface area contributed by atoms with E-state index < -0.39 is 17.6 Å². The van der Waals surface area contributed by atoms with Crippen molar-refractivity contribution in [2.75, 3.05) is 14.2 Å². The van der Waals surface area contributed by atoms with Gasteiger partial charge in [-0.05, 0) is 53.9 Å². The van der Waals surface area contributed by atoms with Gasteiger partial charge in [0.2, 0.25) is 0 Å². The van der Waals surface area contributed by atoms with Gasteiger partial charge in [-0.15, -0.1) is 5.10 Å². The molecule has 0 aliphatic rings. The lowest BCUT2D eigenvalue weighted by molar-refractivity contribution is -0.135. The molecule has 33 heavy (non-hydrogen) atoms. The molecule has 0 bridgehead atoms. The summed E-state index contributed by atoms with van der Waals surface area (Å²) in [5, 5.41) is 6.10. The number of nitrogens with zero attached hydrogens (tertiary/aromatic N) is 3. The van der Waals surface area contributed by atoms with E-state index in [4.69, 9.17) is 14.2 Å². The summed E-state index contributed by atoms with van der Waals surface area (Å²) in [7, 11) is 4.59. The zero-order chi connectivity index (χ0) is 23.7. The first kappa shape index (κ1) is 22.1. The molecule has 0 fully saturated rings. The van der Waals surface area contributed by atoms with Gasteiger partial charge in [0.25, 0.3) is 0 Å². The van der Waals surface area contributed by atoms with Crippen LogP contribution in [-0.2, 0) is 11.8 Å². The van der Waals surface area contributed by atoms with Crippen LogP contribution in [0.4, 0.5) is 0 Å². The Morgan fingerprint density at radius 1 is 1.00 bits per heavy atom. The number of rotatable bonds is 6. The van der Waals surface area contributed by atoms with Gasteiger partial charge in [-0.1, -0.05) is 36.4 Å². The predicted octanol–water partition coefficient (Wildman–Crippen LogP) is 3.76. The molecule has 0 unspecified atom stereocenters. The Kier molecular flexibility index (Phi) is 5.91. The maximum Gasteiger partial charge on any atom is 0.353 e. The molecule has 0 radical (unpaired) electrons. The van der Waals surface area contributed by atoms with Crippen molar-refractivity contribution < 1.29 is 19.0 Å². The molecule has 0 saturated carbocycles. The minimum atomic E-state index is -0.530. The standard InChI is InChI=1S/C25H25N3O5/c1-15-7-6-8-21(22(15)28-24(32-5)26-27(3)25(28)30)33-23(29)16(2)17-9-10-19-14-20(31-4)12-11-18(19)13-17/h6-14,16H,1-5H3/t16-/m0/s1. The van der Waals surface area contributed by atoms with Gasteiger partial charge in [-0.3, -0.25) is 4.79 Å². The molecule has 0 amide bonds. The zero-order valence-corrected chi connectivity index (χ0v) is 19.2. The third-order valence-electron chi connectivity index (χ3n) is 5.64. The summed E-state index contributed by atoms with van der Waals surface area (Å²) in [6.07, 6.45) is 0. The lowest BCUT2D eigenvalue weighted by atomic mass is 9.98. The molecule has 1 atom stereocenters. The third kappa shape index (κ3) is 4.07. The summed E-state index contributed by atoms with van der Waals surface area (Å²) in [6, 6.07) is 16.9. The molecule has 4 rings (SSSR count). The first-order valence-electron chi connectivity index (χ1n) is 10.4. The summed E-state index contributed by atoms with van der Waals surface area (Å²) in [6.45, 7) is 3.62. The third-order valence-corrected chi connectivity index (χ3v) is 5.64. The van der Waals surface area contributed by atoms with Crippen LogP contribution in [-0.4, -0.2) is 34.5 Å². The van der Waals surface area contributed by atoms with Crippen molar-refractivity contribution in [3.05, 3.63) is 76.2 Å². The van der Waals surface area contributed by atoms with Crippen LogP contribution in [0.2, 0.25) is 0 Å². The van der Waals surface area contributed by atoms with Crippen LogP contribution >= 0.6 is 0 Å². The smallest absolute Gasteiger partial charge is 0.353 e. The molecule has 170 valence electrons. The Morgan fingerprint density at radius 3 is 2.45 bits per heavy atom. The summed E-state index contributed by atoms with van der Waals surface area (Å²) in [5.41, 5.74) is 1.57. The first-order valence-corrected chi connectivity index (χ1v) is 10.4. The van der Waals surface area contributed by atoms with E-state index in [1.54, 1.807) is 26.2 Å². The van der Waals surface area contributed by atoms with E-state index in [2.05, 4.69) is 5.10 Å². The van der Waals surface area contributed by atoms with Crippen LogP contribution in [0.25, 0.3) is 16.5 Å². The molecule has 1 aromatic heterocycles. The average Bonchev–Trinajstić information content (AvgIpc) is 3.11. The van der Waals surface area contributed by atoms with E-state index in [1.165, 1.54) is 23.4 Å². The fraction of sp³-hybridized carbons (Fsp3) is 0.240. The lowest BCUT2D eigenvalue weighted by Gasteiger charge is -2.16. The van der Waals surface area contributed by atoms with E-state index in [0.717, 1.165) is 27.6 Å². The second kappa shape index (κ2) is 8.82. The van der Waals surface area contributed by atoms with E-state index in [-0.39, 0.29) is 11.8 Å². The van der Waals surface area contributed by atoms with E-state index in [0.29, 0.717) is 5.69 Å². The van der Waals surface area contributed by atoms with Crippen LogP contribution < -0.4 is 19.9 Å². The van der Waals surface area contributed by atoms with Crippen molar-refractivity contribution in [3.63, 3.8) is 0 Å². The molecule has 8 nitrogen and oxygen atoms in total. The number of carbonyl (C=O) groups excluding carboxylic acids is 1. The maximum absolute atomic E-state index is 13.1. The number of carbonyl (C=O) groups is 1. The summed E-state index contributed by atoms with van der Waals surface area (Å²) >= 11 is 0. The number of benzene rings is 3. The zero-order valence-electron chi connectivity index (χ0n) is 19.2. The highest BCUT2D eigenvalue weighted by atomic mass is 16.5. The predicted molar refractivity (Wildman–Crippen MR) is 125 cm³/mol. The van der Waals surface area contributed by atoms with Crippen molar-refractivity contribution in [2.24, 2.45) is 7.05 Å². The lowest BCUT2D eigenvalue weighted by Crippen LogP contribution is -2.24. The molecule has 8 heteroatoms. The number of esters is 1. The van der Waals surface area contributed by atoms with Crippen LogP contribution in [0.15, 0.2) is 59.4 Å². The number of aryl methyl sites for hydroxylation is 2. The van der Waals surface area contributed by atoms with Crippen LogP contribution in [0.3, 0.4) is 0 Å². The molecule has 0 aliphatic carbocycles. The van der Waals surface area contributed by atoms with Crippen molar-refractivity contribution in [1.82, 2.24) is 14.3 Å². The Morgan fingerprint density at radius 2 is 1.73 bits per heavy atom. The SMILES string of the molecule is COc1ccc2cc([C@H](C)C(=O)Oc3cccc(C)c3-n3c(OC)nn(C)c3=O)ccc2c1. The molecule has 4 aromatic rings. The molecule has 0 spiro atoms. The molecular formula is C25H25N3O5. The molecule has 3 aromatic carbocycles. The Hall–Kier alpha value is -4.07. The van der Waals surface area contributed by atoms with Crippen molar-refractivity contribution in [3.8, 4) is 23.2 Å². The Labute approximate surface area is 190 Å².